The highest BCUT2D eigenvalue weighted by Crippen LogP contribution is 2.44. The first kappa shape index (κ1) is 11.0. The van der Waals surface area contributed by atoms with Gasteiger partial charge in [-0.15, -0.1) is 0 Å². The topological polar surface area (TPSA) is 54.4 Å². The van der Waals surface area contributed by atoms with Crippen LogP contribution < -0.4 is 0 Å². The first-order chi connectivity index (χ1) is 5.72. The summed E-state index contributed by atoms with van der Waals surface area (Å²) in [5.74, 6) is 0.167. The van der Waals surface area contributed by atoms with Crippen molar-refractivity contribution in [3.8, 4) is 0 Å². The van der Waals surface area contributed by atoms with Gasteiger partial charge in [-0.25, -0.2) is 8.42 Å². The third-order valence-electron chi connectivity index (χ3n) is 2.38. The second kappa shape index (κ2) is 2.95. The SMILES string of the molecule is CC(C)(C)CS(=O)(=O)C1(CO)CC1. The standard InChI is InChI=1S/C9H18O3S/c1-8(2,3)7-13(11,12)9(6-10)4-5-9/h10H,4-7H2,1-3H3. The molecule has 0 saturated heterocycles. The Bertz CT molecular complexity index is 280. The number of hydrogen-bond acceptors (Lipinski definition) is 3. The summed E-state index contributed by atoms with van der Waals surface area (Å²) in [7, 11) is -3.11. The largest absolute Gasteiger partial charge is 0.395 e. The zero-order valence-electron chi connectivity index (χ0n) is 8.50. The molecule has 0 radical (unpaired) electrons. The number of rotatable bonds is 3. The molecule has 0 atom stereocenters. The molecule has 0 unspecified atom stereocenters. The lowest BCUT2D eigenvalue weighted by Gasteiger charge is -2.22. The zero-order valence-corrected chi connectivity index (χ0v) is 9.32. The molecule has 0 bridgehead atoms. The normalized spacial score (nSPS) is 21.5. The van der Waals surface area contributed by atoms with Gasteiger partial charge in [0.25, 0.3) is 0 Å². The van der Waals surface area contributed by atoms with Crippen molar-refractivity contribution in [2.45, 2.75) is 38.4 Å². The van der Waals surface area contributed by atoms with Gasteiger partial charge in [-0.3, -0.25) is 0 Å². The fourth-order valence-electron chi connectivity index (χ4n) is 1.43. The van der Waals surface area contributed by atoms with Gasteiger partial charge in [0, 0.05) is 0 Å². The maximum absolute atomic E-state index is 11.8. The smallest absolute Gasteiger partial charge is 0.158 e. The molecular weight excluding hydrogens is 188 g/mol. The Morgan fingerprint density at radius 3 is 2.00 bits per heavy atom. The lowest BCUT2D eigenvalue weighted by molar-refractivity contribution is 0.282. The van der Waals surface area contributed by atoms with E-state index in [2.05, 4.69) is 0 Å². The average Bonchev–Trinajstić information content (AvgIpc) is 2.59. The molecule has 0 heterocycles. The van der Waals surface area contributed by atoms with E-state index in [1.807, 2.05) is 20.8 Å². The van der Waals surface area contributed by atoms with E-state index in [0.29, 0.717) is 12.8 Å². The van der Waals surface area contributed by atoms with E-state index < -0.39 is 14.6 Å². The molecule has 1 saturated carbocycles. The van der Waals surface area contributed by atoms with Gasteiger partial charge in [-0.1, -0.05) is 20.8 Å². The minimum absolute atomic E-state index is 0.167. The number of aliphatic hydroxyl groups is 1. The van der Waals surface area contributed by atoms with E-state index in [1.54, 1.807) is 0 Å². The minimum atomic E-state index is -3.11. The molecular formula is C9H18O3S. The van der Waals surface area contributed by atoms with Gasteiger partial charge >= 0.3 is 0 Å². The molecule has 1 fully saturated rings. The highest BCUT2D eigenvalue weighted by atomic mass is 32.2. The second-order valence-electron chi connectivity index (χ2n) is 5.16. The molecule has 0 aromatic carbocycles. The Morgan fingerprint density at radius 1 is 1.31 bits per heavy atom. The van der Waals surface area contributed by atoms with Crippen LogP contribution in [0.15, 0.2) is 0 Å². The molecule has 0 amide bonds. The molecule has 78 valence electrons. The Balaban J connectivity index is 2.79. The lowest BCUT2D eigenvalue weighted by atomic mass is 10.0. The Labute approximate surface area is 80.1 Å². The molecule has 0 aromatic rings. The van der Waals surface area contributed by atoms with Crippen LogP contribution in [0.3, 0.4) is 0 Å². The van der Waals surface area contributed by atoms with Crippen molar-refractivity contribution in [2.24, 2.45) is 5.41 Å². The summed E-state index contributed by atoms with van der Waals surface area (Å²) >= 11 is 0. The van der Waals surface area contributed by atoms with Crippen LogP contribution in [0.4, 0.5) is 0 Å². The third-order valence-corrected chi connectivity index (χ3v) is 5.48. The van der Waals surface area contributed by atoms with Crippen molar-refractivity contribution < 1.29 is 13.5 Å². The number of hydrogen-bond donors (Lipinski definition) is 1. The van der Waals surface area contributed by atoms with Crippen molar-refractivity contribution in [1.82, 2.24) is 0 Å². The van der Waals surface area contributed by atoms with Crippen molar-refractivity contribution in [3.05, 3.63) is 0 Å². The van der Waals surface area contributed by atoms with Gasteiger partial charge in [0.1, 0.15) is 0 Å². The van der Waals surface area contributed by atoms with Gasteiger partial charge in [-0.05, 0) is 18.3 Å². The van der Waals surface area contributed by atoms with Crippen LogP contribution in [-0.2, 0) is 9.84 Å². The summed E-state index contributed by atoms with van der Waals surface area (Å²) in [6.45, 7) is 5.49. The highest BCUT2D eigenvalue weighted by Gasteiger charge is 2.54. The molecule has 0 aliphatic heterocycles. The quantitative estimate of drug-likeness (QED) is 0.748. The van der Waals surface area contributed by atoms with E-state index in [9.17, 15) is 8.42 Å². The van der Waals surface area contributed by atoms with Crippen molar-refractivity contribution in [3.63, 3.8) is 0 Å². The monoisotopic (exact) mass is 206 g/mol. The van der Waals surface area contributed by atoms with Crippen LogP contribution >= 0.6 is 0 Å². The van der Waals surface area contributed by atoms with Crippen LogP contribution in [0.25, 0.3) is 0 Å². The van der Waals surface area contributed by atoms with Gasteiger partial charge in [0.05, 0.1) is 17.1 Å². The van der Waals surface area contributed by atoms with Crippen molar-refractivity contribution >= 4 is 9.84 Å². The molecule has 1 N–H and O–H groups in total. The van der Waals surface area contributed by atoms with Crippen LogP contribution in [0, 0.1) is 5.41 Å². The van der Waals surface area contributed by atoms with Gasteiger partial charge in [0.2, 0.25) is 0 Å². The van der Waals surface area contributed by atoms with E-state index >= 15 is 0 Å². The molecule has 1 aliphatic rings. The van der Waals surface area contributed by atoms with Crippen molar-refractivity contribution in [2.75, 3.05) is 12.4 Å². The Hall–Kier alpha value is -0.0900. The second-order valence-corrected chi connectivity index (χ2v) is 7.55. The van der Waals surface area contributed by atoms with Crippen LogP contribution in [-0.4, -0.2) is 30.6 Å². The summed E-state index contributed by atoms with van der Waals surface area (Å²) < 4.78 is 22.8. The summed E-state index contributed by atoms with van der Waals surface area (Å²) in [5.41, 5.74) is -0.219. The zero-order chi connectivity index (χ0) is 10.3. The first-order valence-electron chi connectivity index (χ1n) is 4.56. The summed E-state index contributed by atoms with van der Waals surface area (Å²) in [6, 6.07) is 0. The first-order valence-corrected chi connectivity index (χ1v) is 6.21. The maximum Gasteiger partial charge on any atom is 0.158 e. The van der Waals surface area contributed by atoms with Gasteiger partial charge in [-0.2, -0.15) is 0 Å². The lowest BCUT2D eigenvalue weighted by Crippen LogP contribution is -2.34. The van der Waals surface area contributed by atoms with Gasteiger partial charge < -0.3 is 5.11 Å². The predicted octanol–water partition coefficient (Wildman–Crippen LogP) is 0.972. The Kier molecular flexibility index (Phi) is 2.50. The van der Waals surface area contributed by atoms with Crippen LogP contribution in [0.5, 0.6) is 0 Å². The Morgan fingerprint density at radius 2 is 1.77 bits per heavy atom. The van der Waals surface area contributed by atoms with Crippen LogP contribution in [0.1, 0.15) is 33.6 Å². The maximum atomic E-state index is 11.8. The molecule has 3 nitrogen and oxygen atoms in total. The summed E-state index contributed by atoms with van der Waals surface area (Å²) in [5, 5.41) is 9.01. The molecule has 0 aromatic heterocycles. The van der Waals surface area contributed by atoms with E-state index in [4.69, 9.17) is 5.11 Å². The fourth-order valence-corrected chi connectivity index (χ4v) is 3.80. The van der Waals surface area contributed by atoms with Crippen molar-refractivity contribution in [1.29, 1.82) is 0 Å². The molecule has 1 rings (SSSR count). The fraction of sp³-hybridized carbons (Fsp3) is 1.00. The highest BCUT2D eigenvalue weighted by molar-refractivity contribution is 7.93. The number of aliphatic hydroxyl groups excluding tert-OH is 1. The molecule has 13 heavy (non-hydrogen) atoms. The van der Waals surface area contributed by atoms with Gasteiger partial charge in [0.15, 0.2) is 9.84 Å². The predicted molar refractivity (Wildman–Crippen MR) is 52.3 cm³/mol. The van der Waals surface area contributed by atoms with E-state index in [0.717, 1.165) is 0 Å². The summed E-state index contributed by atoms with van der Waals surface area (Å²) in [6.07, 6.45) is 1.25. The van der Waals surface area contributed by atoms with Crippen LogP contribution in [0.2, 0.25) is 0 Å². The molecule has 1 aliphatic carbocycles. The molecule has 4 heteroatoms. The number of sulfone groups is 1. The third kappa shape index (κ3) is 2.23. The minimum Gasteiger partial charge on any atom is -0.395 e. The van der Waals surface area contributed by atoms with E-state index in [1.165, 1.54) is 0 Å². The average molecular weight is 206 g/mol. The summed E-state index contributed by atoms with van der Waals surface area (Å²) in [4.78, 5) is 0. The molecule has 0 spiro atoms. The van der Waals surface area contributed by atoms with E-state index in [-0.39, 0.29) is 17.8 Å².